The summed E-state index contributed by atoms with van der Waals surface area (Å²) in [5, 5.41) is 0. The highest BCUT2D eigenvalue weighted by Gasteiger charge is 1.94. The Hall–Kier alpha value is -0.590. The standard InChI is InChI=1S/C24H46O/c1-2-3-4-5-6-7-8-9-10-11-12-13-14-15-16-17-18-19-20-21-22-23-24-25/h4-5,24H,2-3,6-23H2,1H3. The minimum atomic E-state index is 0.760. The second-order valence-electron chi connectivity index (χ2n) is 7.66. The van der Waals surface area contributed by atoms with Gasteiger partial charge in [0.25, 0.3) is 0 Å². The number of unbranched alkanes of at least 4 members (excludes halogenated alkanes) is 18. The zero-order valence-electron chi connectivity index (χ0n) is 17.3. The summed E-state index contributed by atoms with van der Waals surface area (Å²) in [6.45, 7) is 2.24. The molecule has 0 aliphatic heterocycles. The Morgan fingerprint density at radius 2 is 0.760 bits per heavy atom. The molecule has 0 heterocycles. The summed E-state index contributed by atoms with van der Waals surface area (Å²) < 4.78 is 0. The Labute approximate surface area is 159 Å². The van der Waals surface area contributed by atoms with E-state index in [0.29, 0.717) is 0 Å². The van der Waals surface area contributed by atoms with E-state index in [1.807, 2.05) is 0 Å². The average Bonchev–Trinajstić information content (AvgIpc) is 2.63. The molecule has 0 radical (unpaired) electrons. The van der Waals surface area contributed by atoms with Gasteiger partial charge in [0.05, 0.1) is 0 Å². The zero-order chi connectivity index (χ0) is 18.3. The molecule has 0 saturated heterocycles. The molecule has 0 amide bonds. The molecule has 0 aliphatic rings. The van der Waals surface area contributed by atoms with Crippen LogP contribution in [0.3, 0.4) is 0 Å². The van der Waals surface area contributed by atoms with Crippen LogP contribution in [0.25, 0.3) is 0 Å². The molecular weight excluding hydrogens is 304 g/mol. The lowest BCUT2D eigenvalue weighted by Crippen LogP contribution is -1.84. The first-order chi connectivity index (χ1) is 12.4. The Morgan fingerprint density at radius 3 is 1.12 bits per heavy atom. The number of allylic oxidation sites excluding steroid dienone is 2. The van der Waals surface area contributed by atoms with Gasteiger partial charge in [0.1, 0.15) is 6.29 Å². The van der Waals surface area contributed by atoms with Gasteiger partial charge < -0.3 is 4.79 Å². The summed E-state index contributed by atoms with van der Waals surface area (Å²) >= 11 is 0. The summed E-state index contributed by atoms with van der Waals surface area (Å²) in [6.07, 6.45) is 32.6. The van der Waals surface area contributed by atoms with Gasteiger partial charge in [-0.2, -0.15) is 0 Å². The van der Waals surface area contributed by atoms with Crippen molar-refractivity contribution < 1.29 is 4.79 Å². The molecule has 0 aromatic heterocycles. The Bertz CT molecular complexity index is 269. The first-order valence-corrected chi connectivity index (χ1v) is 11.5. The van der Waals surface area contributed by atoms with Crippen LogP contribution < -0.4 is 0 Å². The van der Waals surface area contributed by atoms with Crippen molar-refractivity contribution in [3.05, 3.63) is 12.2 Å². The van der Waals surface area contributed by atoms with Crippen LogP contribution in [0.4, 0.5) is 0 Å². The molecule has 0 bridgehead atoms. The van der Waals surface area contributed by atoms with Crippen LogP contribution in [-0.4, -0.2) is 6.29 Å². The largest absolute Gasteiger partial charge is 0.303 e. The van der Waals surface area contributed by atoms with Crippen LogP contribution in [0, 0.1) is 0 Å². The Balaban J connectivity index is 2.99. The number of hydrogen-bond donors (Lipinski definition) is 0. The van der Waals surface area contributed by atoms with Crippen molar-refractivity contribution >= 4 is 6.29 Å². The lowest BCUT2D eigenvalue weighted by Gasteiger charge is -2.03. The van der Waals surface area contributed by atoms with Crippen molar-refractivity contribution in [3.63, 3.8) is 0 Å². The number of hydrogen-bond acceptors (Lipinski definition) is 1. The first kappa shape index (κ1) is 24.4. The molecule has 0 fully saturated rings. The summed E-state index contributed by atoms with van der Waals surface area (Å²) in [5.41, 5.74) is 0. The fourth-order valence-corrected chi connectivity index (χ4v) is 3.37. The van der Waals surface area contributed by atoms with Gasteiger partial charge in [0.15, 0.2) is 0 Å². The predicted molar refractivity (Wildman–Crippen MR) is 113 cm³/mol. The average molecular weight is 351 g/mol. The molecule has 0 atom stereocenters. The summed E-state index contributed by atoms with van der Waals surface area (Å²) in [4.78, 5) is 10.2. The van der Waals surface area contributed by atoms with Crippen molar-refractivity contribution in [3.8, 4) is 0 Å². The maximum Gasteiger partial charge on any atom is 0.119 e. The number of carbonyl (C=O) groups excluding carboxylic acids is 1. The molecule has 0 aromatic carbocycles. The predicted octanol–water partition coefficient (Wildman–Crippen LogP) is 8.56. The van der Waals surface area contributed by atoms with Gasteiger partial charge in [-0.3, -0.25) is 0 Å². The molecular formula is C24H46O. The maximum absolute atomic E-state index is 10.2. The molecule has 1 nitrogen and oxygen atoms in total. The lowest BCUT2D eigenvalue weighted by atomic mass is 10.0. The number of rotatable bonds is 21. The van der Waals surface area contributed by atoms with Crippen LogP contribution >= 0.6 is 0 Å². The van der Waals surface area contributed by atoms with E-state index in [1.165, 1.54) is 116 Å². The van der Waals surface area contributed by atoms with Crippen molar-refractivity contribution in [1.29, 1.82) is 0 Å². The second-order valence-corrected chi connectivity index (χ2v) is 7.66. The molecule has 0 rings (SSSR count). The van der Waals surface area contributed by atoms with Crippen LogP contribution in [0.5, 0.6) is 0 Å². The third-order valence-electron chi connectivity index (χ3n) is 5.06. The second kappa shape index (κ2) is 23.4. The third kappa shape index (κ3) is 23.4. The van der Waals surface area contributed by atoms with Crippen molar-refractivity contribution in [2.45, 2.75) is 135 Å². The van der Waals surface area contributed by atoms with Gasteiger partial charge >= 0.3 is 0 Å². The molecule has 0 N–H and O–H groups in total. The minimum Gasteiger partial charge on any atom is -0.303 e. The fourth-order valence-electron chi connectivity index (χ4n) is 3.37. The van der Waals surface area contributed by atoms with Gasteiger partial charge in [-0.15, -0.1) is 0 Å². The SMILES string of the molecule is CCCC=CCCCCCCCCCCCCCCCCCCC=O. The normalized spacial score (nSPS) is 11.4. The van der Waals surface area contributed by atoms with Gasteiger partial charge in [0.2, 0.25) is 0 Å². The van der Waals surface area contributed by atoms with Crippen LogP contribution in [-0.2, 0) is 4.79 Å². The van der Waals surface area contributed by atoms with Gasteiger partial charge in [0, 0.05) is 6.42 Å². The number of aldehydes is 1. The van der Waals surface area contributed by atoms with E-state index in [1.54, 1.807) is 0 Å². The Morgan fingerprint density at radius 1 is 0.440 bits per heavy atom. The smallest absolute Gasteiger partial charge is 0.119 e. The summed E-state index contributed by atoms with van der Waals surface area (Å²) in [5.74, 6) is 0. The first-order valence-electron chi connectivity index (χ1n) is 11.5. The highest BCUT2D eigenvalue weighted by Crippen LogP contribution is 2.14. The van der Waals surface area contributed by atoms with Crippen LogP contribution in [0.15, 0.2) is 12.2 Å². The lowest BCUT2D eigenvalue weighted by molar-refractivity contribution is -0.107. The monoisotopic (exact) mass is 350 g/mol. The van der Waals surface area contributed by atoms with E-state index in [0.717, 1.165) is 19.1 Å². The Kier molecular flexibility index (Phi) is 22.9. The third-order valence-corrected chi connectivity index (χ3v) is 5.06. The molecule has 148 valence electrons. The topological polar surface area (TPSA) is 17.1 Å². The molecule has 25 heavy (non-hydrogen) atoms. The zero-order valence-corrected chi connectivity index (χ0v) is 17.3. The highest BCUT2D eigenvalue weighted by atomic mass is 16.1. The molecule has 0 aromatic rings. The molecule has 0 unspecified atom stereocenters. The molecule has 0 saturated carbocycles. The van der Waals surface area contributed by atoms with Gasteiger partial charge in [-0.25, -0.2) is 0 Å². The highest BCUT2D eigenvalue weighted by molar-refractivity contribution is 5.48. The van der Waals surface area contributed by atoms with Crippen molar-refractivity contribution in [2.24, 2.45) is 0 Å². The quantitative estimate of drug-likeness (QED) is 0.115. The molecule has 0 aliphatic carbocycles. The summed E-state index contributed by atoms with van der Waals surface area (Å²) in [7, 11) is 0. The van der Waals surface area contributed by atoms with E-state index < -0.39 is 0 Å². The van der Waals surface area contributed by atoms with E-state index in [4.69, 9.17) is 0 Å². The fraction of sp³-hybridized carbons (Fsp3) is 0.875. The molecule has 0 spiro atoms. The minimum absolute atomic E-state index is 0.760. The van der Waals surface area contributed by atoms with Crippen molar-refractivity contribution in [1.82, 2.24) is 0 Å². The van der Waals surface area contributed by atoms with Crippen LogP contribution in [0.2, 0.25) is 0 Å². The van der Waals surface area contributed by atoms with E-state index >= 15 is 0 Å². The van der Waals surface area contributed by atoms with Gasteiger partial charge in [-0.05, 0) is 25.7 Å². The maximum atomic E-state index is 10.2. The van der Waals surface area contributed by atoms with Gasteiger partial charge in [-0.1, -0.05) is 115 Å². The van der Waals surface area contributed by atoms with Crippen molar-refractivity contribution in [2.75, 3.05) is 0 Å². The number of carbonyl (C=O) groups is 1. The van der Waals surface area contributed by atoms with E-state index in [-0.39, 0.29) is 0 Å². The summed E-state index contributed by atoms with van der Waals surface area (Å²) in [6, 6.07) is 0. The van der Waals surface area contributed by atoms with E-state index in [9.17, 15) is 4.79 Å². The van der Waals surface area contributed by atoms with Crippen LogP contribution in [0.1, 0.15) is 135 Å². The molecule has 1 heteroatoms. The van der Waals surface area contributed by atoms with E-state index in [2.05, 4.69) is 19.1 Å².